The van der Waals surface area contributed by atoms with Gasteiger partial charge in [-0.15, -0.1) is 0 Å². The second kappa shape index (κ2) is 7.70. The van der Waals surface area contributed by atoms with Gasteiger partial charge < -0.3 is 19.5 Å². The van der Waals surface area contributed by atoms with Gasteiger partial charge in [0.1, 0.15) is 18.1 Å². The summed E-state index contributed by atoms with van der Waals surface area (Å²) in [4.78, 5) is 24.1. The third-order valence-electron chi connectivity index (χ3n) is 3.90. The number of fused-ring (bicyclic) bond motifs is 1. The lowest BCUT2D eigenvalue weighted by atomic mass is 9.98. The van der Waals surface area contributed by atoms with E-state index < -0.39 is 12.1 Å². The Kier molecular flexibility index (Phi) is 5.18. The molecule has 1 heterocycles. The number of nitrogens with one attached hydrogen (secondary N) is 1. The standard InChI is InChI=1S/C19H19NO5/c1-23-14-6-4-7-15(12-14)24-10-9-20-18(21)17-11-13-5-2-3-8-16(13)19(22)25-17/h2-8,12,17H,9-11H2,1H3,(H,20,21)/t17-/m0/s1. The Labute approximate surface area is 145 Å². The molecule has 2 aromatic carbocycles. The number of benzene rings is 2. The number of carbonyl (C=O) groups excluding carboxylic acids is 2. The van der Waals surface area contributed by atoms with Crippen molar-refractivity contribution in [3.05, 3.63) is 59.7 Å². The molecule has 25 heavy (non-hydrogen) atoms. The van der Waals surface area contributed by atoms with Crippen molar-refractivity contribution in [2.45, 2.75) is 12.5 Å². The topological polar surface area (TPSA) is 73.9 Å². The minimum atomic E-state index is -0.806. The molecule has 0 unspecified atom stereocenters. The highest BCUT2D eigenvalue weighted by Crippen LogP contribution is 2.21. The summed E-state index contributed by atoms with van der Waals surface area (Å²) in [5.74, 6) is 0.577. The van der Waals surface area contributed by atoms with Crippen LogP contribution in [0.4, 0.5) is 0 Å². The lowest BCUT2D eigenvalue weighted by Crippen LogP contribution is -2.43. The average Bonchev–Trinajstić information content (AvgIpc) is 2.65. The SMILES string of the molecule is COc1cccc(OCCNC(=O)[C@@H]2Cc3ccccc3C(=O)O2)c1. The minimum absolute atomic E-state index is 0.302. The fourth-order valence-electron chi connectivity index (χ4n) is 2.63. The second-order valence-electron chi connectivity index (χ2n) is 5.57. The molecule has 0 saturated heterocycles. The van der Waals surface area contributed by atoms with Crippen LogP contribution in [-0.4, -0.2) is 38.2 Å². The van der Waals surface area contributed by atoms with Gasteiger partial charge in [0.15, 0.2) is 6.10 Å². The first-order valence-corrected chi connectivity index (χ1v) is 8.01. The molecule has 2 aromatic rings. The van der Waals surface area contributed by atoms with E-state index in [4.69, 9.17) is 14.2 Å². The first-order chi connectivity index (χ1) is 12.2. The summed E-state index contributed by atoms with van der Waals surface area (Å²) < 4.78 is 15.9. The zero-order valence-electron chi connectivity index (χ0n) is 13.9. The number of esters is 1. The summed E-state index contributed by atoms with van der Waals surface area (Å²) in [7, 11) is 1.59. The first-order valence-electron chi connectivity index (χ1n) is 8.01. The summed E-state index contributed by atoms with van der Waals surface area (Å²) in [6, 6.07) is 14.4. The lowest BCUT2D eigenvalue weighted by molar-refractivity contribution is -0.130. The molecule has 1 aliphatic heterocycles. The summed E-state index contributed by atoms with van der Waals surface area (Å²) in [5, 5.41) is 2.73. The van der Waals surface area contributed by atoms with Crippen molar-refractivity contribution >= 4 is 11.9 Å². The molecule has 0 aromatic heterocycles. The van der Waals surface area contributed by atoms with E-state index >= 15 is 0 Å². The molecule has 1 aliphatic rings. The number of hydrogen-bond acceptors (Lipinski definition) is 5. The highest BCUT2D eigenvalue weighted by atomic mass is 16.5. The Morgan fingerprint density at radius 1 is 1.20 bits per heavy atom. The van der Waals surface area contributed by atoms with Gasteiger partial charge in [-0.3, -0.25) is 4.79 Å². The maximum atomic E-state index is 12.2. The Hall–Kier alpha value is -3.02. The van der Waals surface area contributed by atoms with Crippen molar-refractivity contribution in [3.8, 4) is 11.5 Å². The largest absolute Gasteiger partial charge is 0.497 e. The third-order valence-corrected chi connectivity index (χ3v) is 3.90. The van der Waals surface area contributed by atoms with Crippen LogP contribution in [0.1, 0.15) is 15.9 Å². The van der Waals surface area contributed by atoms with Gasteiger partial charge in [0, 0.05) is 12.5 Å². The van der Waals surface area contributed by atoms with E-state index in [-0.39, 0.29) is 5.91 Å². The van der Waals surface area contributed by atoms with Crippen molar-refractivity contribution < 1.29 is 23.8 Å². The predicted molar refractivity (Wildman–Crippen MR) is 90.8 cm³/mol. The summed E-state index contributed by atoms with van der Waals surface area (Å²) >= 11 is 0. The van der Waals surface area contributed by atoms with Crippen molar-refractivity contribution in [2.75, 3.05) is 20.3 Å². The lowest BCUT2D eigenvalue weighted by Gasteiger charge is -2.23. The number of ether oxygens (including phenoxy) is 3. The van der Waals surface area contributed by atoms with Gasteiger partial charge in [0.05, 0.1) is 19.2 Å². The monoisotopic (exact) mass is 341 g/mol. The highest BCUT2D eigenvalue weighted by molar-refractivity contribution is 5.95. The Morgan fingerprint density at radius 3 is 2.84 bits per heavy atom. The smallest absolute Gasteiger partial charge is 0.339 e. The van der Waals surface area contributed by atoms with Crippen LogP contribution in [-0.2, 0) is 16.0 Å². The highest BCUT2D eigenvalue weighted by Gasteiger charge is 2.30. The molecule has 1 amide bonds. The van der Waals surface area contributed by atoms with E-state index in [2.05, 4.69) is 5.32 Å². The Morgan fingerprint density at radius 2 is 2.00 bits per heavy atom. The third kappa shape index (κ3) is 4.09. The molecule has 0 aliphatic carbocycles. The van der Waals surface area contributed by atoms with E-state index in [9.17, 15) is 9.59 Å². The van der Waals surface area contributed by atoms with Crippen LogP contribution in [0.2, 0.25) is 0 Å². The maximum Gasteiger partial charge on any atom is 0.339 e. The quantitative estimate of drug-likeness (QED) is 0.642. The van der Waals surface area contributed by atoms with Crippen molar-refractivity contribution in [3.63, 3.8) is 0 Å². The molecule has 1 atom stereocenters. The van der Waals surface area contributed by atoms with Gasteiger partial charge in [0.2, 0.25) is 0 Å². The van der Waals surface area contributed by atoms with Crippen molar-refractivity contribution in [1.29, 1.82) is 0 Å². The minimum Gasteiger partial charge on any atom is -0.497 e. The molecule has 3 rings (SSSR count). The fourth-order valence-corrected chi connectivity index (χ4v) is 2.63. The van der Waals surface area contributed by atoms with Crippen LogP contribution in [0.3, 0.4) is 0 Å². The van der Waals surface area contributed by atoms with Crippen LogP contribution < -0.4 is 14.8 Å². The normalized spacial score (nSPS) is 15.7. The molecule has 0 spiro atoms. The molecule has 130 valence electrons. The molecular formula is C19H19NO5. The van der Waals surface area contributed by atoms with Crippen molar-refractivity contribution in [1.82, 2.24) is 5.32 Å². The van der Waals surface area contributed by atoms with E-state index in [1.54, 1.807) is 25.3 Å². The molecule has 0 saturated carbocycles. The van der Waals surface area contributed by atoms with Gasteiger partial charge in [-0.2, -0.15) is 0 Å². The molecule has 1 N–H and O–H groups in total. The van der Waals surface area contributed by atoms with Crippen LogP contribution in [0.25, 0.3) is 0 Å². The molecule has 0 radical (unpaired) electrons. The molecule has 0 bridgehead atoms. The molecule has 6 heteroatoms. The van der Waals surface area contributed by atoms with Gasteiger partial charge in [-0.05, 0) is 23.8 Å². The Balaban J connectivity index is 1.48. The Bertz CT molecular complexity index is 774. The van der Waals surface area contributed by atoms with Crippen LogP contribution in [0, 0.1) is 0 Å². The van der Waals surface area contributed by atoms with E-state index in [0.29, 0.717) is 36.6 Å². The predicted octanol–water partition coefficient (Wildman–Crippen LogP) is 1.97. The molecule has 0 fully saturated rings. The average molecular weight is 341 g/mol. The maximum absolute atomic E-state index is 12.2. The van der Waals surface area contributed by atoms with Gasteiger partial charge >= 0.3 is 5.97 Å². The van der Waals surface area contributed by atoms with E-state index in [1.807, 2.05) is 30.3 Å². The van der Waals surface area contributed by atoms with Crippen LogP contribution in [0.15, 0.2) is 48.5 Å². The van der Waals surface area contributed by atoms with Gasteiger partial charge in [-0.25, -0.2) is 4.79 Å². The van der Waals surface area contributed by atoms with Crippen LogP contribution >= 0.6 is 0 Å². The number of hydrogen-bond donors (Lipinski definition) is 1. The zero-order chi connectivity index (χ0) is 17.6. The number of rotatable bonds is 6. The number of carbonyl (C=O) groups is 2. The van der Waals surface area contributed by atoms with Crippen LogP contribution in [0.5, 0.6) is 11.5 Å². The molecular weight excluding hydrogens is 322 g/mol. The van der Waals surface area contributed by atoms with Gasteiger partial charge in [0.25, 0.3) is 5.91 Å². The zero-order valence-corrected chi connectivity index (χ0v) is 13.9. The summed E-state index contributed by atoms with van der Waals surface area (Å²) in [6.07, 6.45) is -0.427. The van der Waals surface area contributed by atoms with Gasteiger partial charge in [-0.1, -0.05) is 24.3 Å². The number of cyclic esters (lactones) is 1. The molecule has 6 nitrogen and oxygen atoms in total. The summed E-state index contributed by atoms with van der Waals surface area (Å²) in [5.41, 5.74) is 1.35. The second-order valence-corrected chi connectivity index (χ2v) is 5.57. The first kappa shape index (κ1) is 16.8. The fraction of sp³-hybridized carbons (Fsp3) is 0.263. The number of amides is 1. The summed E-state index contributed by atoms with van der Waals surface area (Å²) in [6.45, 7) is 0.613. The van der Waals surface area contributed by atoms with Crippen molar-refractivity contribution in [2.24, 2.45) is 0 Å². The number of methoxy groups -OCH3 is 1. The van der Waals surface area contributed by atoms with E-state index in [1.165, 1.54) is 0 Å². The van der Waals surface area contributed by atoms with E-state index in [0.717, 1.165) is 5.56 Å².